The van der Waals surface area contributed by atoms with Crippen LogP contribution in [0.15, 0.2) is 70.2 Å². The highest BCUT2D eigenvalue weighted by molar-refractivity contribution is 9.10. The van der Waals surface area contributed by atoms with E-state index in [4.69, 9.17) is 0 Å². The molecule has 0 saturated carbocycles. The summed E-state index contributed by atoms with van der Waals surface area (Å²) in [5.74, 6) is 1.14. The van der Waals surface area contributed by atoms with Gasteiger partial charge >= 0.3 is 0 Å². The van der Waals surface area contributed by atoms with Crippen molar-refractivity contribution in [2.45, 2.75) is 13.0 Å². The van der Waals surface area contributed by atoms with Gasteiger partial charge in [-0.1, -0.05) is 34.1 Å². The third-order valence-electron chi connectivity index (χ3n) is 4.94. The quantitative estimate of drug-likeness (QED) is 0.357. The summed E-state index contributed by atoms with van der Waals surface area (Å²) in [6, 6.07) is 15.0. The van der Waals surface area contributed by atoms with Crippen molar-refractivity contribution >= 4 is 43.6 Å². The number of fused-ring (bicyclic) bond motifs is 2. The van der Waals surface area contributed by atoms with Gasteiger partial charge in [0.25, 0.3) is 5.56 Å². The lowest BCUT2D eigenvalue weighted by molar-refractivity contribution is 0.789. The van der Waals surface area contributed by atoms with Gasteiger partial charge in [-0.3, -0.25) is 4.79 Å². The molecule has 7 nitrogen and oxygen atoms in total. The summed E-state index contributed by atoms with van der Waals surface area (Å²) in [7, 11) is 0. The average molecular weight is 461 g/mol. The summed E-state index contributed by atoms with van der Waals surface area (Å²) in [4.78, 5) is 32.7. The smallest absolute Gasteiger partial charge is 0.261 e. The molecule has 0 aliphatic heterocycles. The largest absolute Gasteiger partial charge is 0.374 e. The van der Waals surface area contributed by atoms with Gasteiger partial charge in [0.15, 0.2) is 0 Å². The van der Waals surface area contributed by atoms with Crippen LogP contribution in [0.25, 0.3) is 33.3 Å². The van der Waals surface area contributed by atoms with Gasteiger partial charge in [0.05, 0.1) is 28.3 Å². The fourth-order valence-electron chi connectivity index (χ4n) is 3.53. The number of nitrogens with zero attached hydrogens (tertiary/aromatic N) is 3. The van der Waals surface area contributed by atoms with E-state index < -0.39 is 0 Å². The molecule has 1 atom stereocenters. The number of anilines is 1. The van der Waals surface area contributed by atoms with Gasteiger partial charge in [-0.05, 0) is 37.3 Å². The zero-order chi connectivity index (χ0) is 20.7. The van der Waals surface area contributed by atoms with Crippen LogP contribution in [0, 0.1) is 0 Å². The number of hydrogen-bond acceptors (Lipinski definition) is 5. The summed E-state index contributed by atoms with van der Waals surface area (Å²) < 4.78 is 0.936. The van der Waals surface area contributed by atoms with Gasteiger partial charge in [-0.15, -0.1) is 0 Å². The predicted molar refractivity (Wildman–Crippen MR) is 121 cm³/mol. The van der Waals surface area contributed by atoms with Gasteiger partial charge in [0.1, 0.15) is 17.2 Å². The van der Waals surface area contributed by atoms with Crippen molar-refractivity contribution in [2.75, 3.05) is 5.32 Å². The molecular formula is C22H17BrN6O. The molecule has 30 heavy (non-hydrogen) atoms. The van der Waals surface area contributed by atoms with Crippen LogP contribution < -0.4 is 10.9 Å². The third kappa shape index (κ3) is 3.25. The number of pyridine rings is 1. The van der Waals surface area contributed by atoms with E-state index in [2.05, 4.69) is 46.2 Å². The second kappa shape index (κ2) is 7.38. The normalized spacial score (nSPS) is 12.3. The second-order valence-corrected chi connectivity index (χ2v) is 7.89. The summed E-state index contributed by atoms with van der Waals surface area (Å²) in [5, 5.41) is 4.34. The van der Waals surface area contributed by atoms with E-state index in [0.29, 0.717) is 22.9 Å². The van der Waals surface area contributed by atoms with Crippen molar-refractivity contribution in [1.82, 2.24) is 24.9 Å². The maximum atomic E-state index is 13.1. The number of benzene rings is 2. The molecule has 0 bridgehead atoms. The number of halogens is 1. The number of imidazole rings is 1. The van der Waals surface area contributed by atoms with Crippen molar-refractivity contribution in [3.63, 3.8) is 0 Å². The van der Waals surface area contributed by atoms with Crippen LogP contribution in [0.1, 0.15) is 18.8 Å². The maximum Gasteiger partial charge on any atom is 0.261 e. The molecule has 148 valence electrons. The first-order valence-electron chi connectivity index (χ1n) is 9.44. The highest BCUT2D eigenvalue weighted by Gasteiger charge is 2.20. The van der Waals surface area contributed by atoms with Crippen LogP contribution in [0.2, 0.25) is 0 Å². The molecule has 0 fully saturated rings. The van der Waals surface area contributed by atoms with E-state index in [-0.39, 0.29) is 11.6 Å². The Morgan fingerprint density at radius 2 is 1.80 bits per heavy atom. The lowest BCUT2D eigenvalue weighted by Gasteiger charge is -2.18. The van der Waals surface area contributed by atoms with Crippen molar-refractivity contribution in [3.8, 4) is 11.4 Å². The fourth-order valence-corrected chi connectivity index (χ4v) is 3.90. The van der Waals surface area contributed by atoms with Crippen LogP contribution in [0.3, 0.4) is 0 Å². The summed E-state index contributed by atoms with van der Waals surface area (Å²) in [6.07, 6.45) is 3.41. The Bertz CT molecular complexity index is 1430. The first kappa shape index (κ1) is 18.5. The van der Waals surface area contributed by atoms with Crippen LogP contribution in [0.4, 0.5) is 5.69 Å². The van der Waals surface area contributed by atoms with Crippen molar-refractivity contribution < 1.29 is 0 Å². The molecule has 3 aromatic heterocycles. The van der Waals surface area contributed by atoms with Crippen LogP contribution in [-0.4, -0.2) is 24.9 Å². The first-order chi connectivity index (χ1) is 14.6. The Labute approximate surface area is 179 Å². The lowest BCUT2D eigenvalue weighted by atomic mass is 10.1. The number of aromatic nitrogens is 5. The Balaban J connectivity index is 1.73. The van der Waals surface area contributed by atoms with E-state index in [1.54, 1.807) is 18.5 Å². The zero-order valence-electron chi connectivity index (χ0n) is 16.0. The van der Waals surface area contributed by atoms with E-state index in [1.165, 1.54) is 0 Å². The van der Waals surface area contributed by atoms with E-state index in [1.807, 2.05) is 49.4 Å². The number of hydrogen-bond donors (Lipinski definition) is 3. The molecule has 5 rings (SSSR count). The van der Waals surface area contributed by atoms with Crippen LogP contribution >= 0.6 is 15.9 Å². The van der Waals surface area contributed by atoms with Crippen LogP contribution in [0.5, 0.6) is 0 Å². The first-order valence-corrected chi connectivity index (χ1v) is 10.2. The van der Waals surface area contributed by atoms with Crippen molar-refractivity contribution in [1.29, 1.82) is 0 Å². The van der Waals surface area contributed by atoms with Crippen molar-refractivity contribution in [3.05, 3.63) is 81.6 Å². The molecule has 3 N–H and O–H groups in total. The minimum absolute atomic E-state index is 0.214. The molecular weight excluding hydrogens is 444 g/mol. The molecule has 0 aliphatic carbocycles. The summed E-state index contributed by atoms with van der Waals surface area (Å²) in [6.45, 7) is 1.96. The van der Waals surface area contributed by atoms with Crippen LogP contribution in [-0.2, 0) is 0 Å². The number of H-pyrrole nitrogens is 2. The molecule has 8 heteroatoms. The summed E-state index contributed by atoms with van der Waals surface area (Å²) in [5.41, 5.74) is 3.28. The Morgan fingerprint density at radius 3 is 2.63 bits per heavy atom. The molecule has 1 unspecified atom stereocenters. The molecule has 0 amide bonds. The summed E-state index contributed by atoms with van der Waals surface area (Å²) >= 11 is 3.48. The number of nitrogens with one attached hydrogen (secondary N) is 3. The Morgan fingerprint density at radius 1 is 1.00 bits per heavy atom. The molecule has 0 spiro atoms. The molecule has 0 saturated heterocycles. The monoisotopic (exact) mass is 460 g/mol. The zero-order valence-corrected chi connectivity index (χ0v) is 17.6. The number of rotatable bonds is 4. The molecule has 0 aliphatic rings. The molecule has 3 heterocycles. The average Bonchev–Trinajstić information content (AvgIpc) is 3.16. The fraction of sp³-hybridized carbons (Fsp3) is 0.0909. The highest BCUT2D eigenvalue weighted by atomic mass is 79.9. The van der Waals surface area contributed by atoms with E-state index in [0.717, 1.165) is 26.4 Å². The second-order valence-electron chi connectivity index (χ2n) is 6.97. The molecule has 5 aromatic rings. The van der Waals surface area contributed by atoms with Gasteiger partial charge < -0.3 is 15.3 Å². The van der Waals surface area contributed by atoms with Gasteiger partial charge in [-0.25, -0.2) is 15.0 Å². The molecule has 2 aromatic carbocycles. The molecule has 0 radical (unpaired) electrons. The van der Waals surface area contributed by atoms with Gasteiger partial charge in [0.2, 0.25) is 0 Å². The Kier molecular flexibility index (Phi) is 4.55. The van der Waals surface area contributed by atoms with Gasteiger partial charge in [0, 0.05) is 22.3 Å². The SMILES string of the molecule is CC(Nc1c(-c2nc3ccc(Br)cc3[nH]2)c(=O)[nH]c2ccccc12)c1ncccn1. The van der Waals surface area contributed by atoms with E-state index >= 15 is 0 Å². The Hall–Kier alpha value is -3.52. The lowest BCUT2D eigenvalue weighted by Crippen LogP contribution is -2.17. The minimum Gasteiger partial charge on any atom is -0.374 e. The maximum absolute atomic E-state index is 13.1. The topological polar surface area (TPSA) is 99.3 Å². The number of aromatic amines is 2. The highest BCUT2D eigenvalue weighted by Crippen LogP contribution is 2.33. The van der Waals surface area contributed by atoms with Gasteiger partial charge in [-0.2, -0.15) is 0 Å². The third-order valence-corrected chi connectivity index (χ3v) is 5.43. The minimum atomic E-state index is -0.226. The van der Waals surface area contributed by atoms with E-state index in [9.17, 15) is 4.79 Å². The standard InChI is InChI=1S/C22H17BrN6O/c1-12(20-24-9-4-10-25-20)26-19-14-5-2-3-6-15(14)29-22(30)18(19)21-27-16-8-7-13(23)11-17(16)28-21/h2-12H,1H3,(H,27,28)(H2,26,29,30). The number of para-hydroxylation sites is 1. The predicted octanol–water partition coefficient (Wildman–Crippen LogP) is 4.80. The van der Waals surface area contributed by atoms with Crippen molar-refractivity contribution in [2.24, 2.45) is 0 Å².